The van der Waals surface area contributed by atoms with Crippen molar-refractivity contribution in [3.8, 4) is 39.9 Å². The summed E-state index contributed by atoms with van der Waals surface area (Å²) >= 11 is 0. The predicted octanol–water partition coefficient (Wildman–Crippen LogP) is 7.18. The molecule has 0 amide bonds. The summed E-state index contributed by atoms with van der Waals surface area (Å²) < 4.78 is 23.4. The molecule has 0 aliphatic carbocycles. The zero-order chi connectivity index (χ0) is 24.7. The molecule has 1 aliphatic heterocycles. The van der Waals surface area contributed by atoms with Crippen molar-refractivity contribution in [3.05, 3.63) is 78.9 Å². The molecule has 1 heterocycles. The van der Waals surface area contributed by atoms with E-state index in [1.54, 1.807) is 14.2 Å². The summed E-state index contributed by atoms with van der Waals surface area (Å²) in [5.41, 5.74) is 2.02. The third kappa shape index (κ3) is 5.58. The highest BCUT2D eigenvalue weighted by Crippen LogP contribution is 2.41. The molecule has 0 saturated carbocycles. The lowest BCUT2D eigenvalue weighted by Crippen LogP contribution is -2.33. The first-order chi connectivity index (χ1) is 17.7. The number of benzene rings is 4. The largest absolute Gasteiger partial charge is 0.497 e. The van der Waals surface area contributed by atoms with E-state index < -0.39 is 0 Å². The van der Waals surface area contributed by atoms with Gasteiger partial charge < -0.3 is 18.9 Å². The summed E-state index contributed by atoms with van der Waals surface area (Å²) in [6.07, 6.45) is 3.94. The second kappa shape index (κ2) is 11.4. The Kier molecular flexibility index (Phi) is 7.58. The SMILES string of the molecule is COc1cccc(-c2ccc3cc(OC)ccc3c2Oc2ccc(OCCN3CCCCC3)cc2)c1. The topological polar surface area (TPSA) is 40.2 Å². The summed E-state index contributed by atoms with van der Waals surface area (Å²) in [6.45, 7) is 4.04. The minimum absolute atomic E-state index is 0.700. The Labute approximate surface area is 213 Å². The van der Waals surface area contributed by atoms with Crippen LogP contribution >= 0.6 is 0 Å². The number of hydrogen-bond acceptors (Lipinski definition) is 5. The van der Waals surface area contributed by atoms with Gasteiger partial charge in [0.25, 0.3) is 0 Å². The lowest BCUT2D eigenvalue weighted by molar-refractivity contribution is 0.183. The summed E-state index contributed by atoms with van der Waals surface area (Å²) in [5.74, 6) is 4.02. The molecule has 1 fully saturated rings. The Hall–Kier alpha value is -3.70. The number of rotatable bonds is 9. The fourth-order valence-electron chi connectivity index (χ4n) is 4.73. The quantitative estimate of drug-likeness (QED) is 0.252. The van der Waals surface area contributed by atoms with E-state index in [0.717, 1.165) is 57.2 Å². The highest BCUT2D eigenvalue weighted by atomic mass is 16.5. The molecule has 5 rings (SSSR count). The van der Waals surface area contributed by atoms with Gasteiger partial charge in [0.2, 0.25) is 0 Å². The maximum atomic E-state index is 6.53. The van der Waals surface area contributed by atoms with Crippen LogP contribution in [0.25, 0.3) is 21.9 Å². The Morgan fingerprint density at radius 2 is 1.42 bits per heavy atom. The minimum Gasteiger partial charge on any atom is -0.497 e. The van der Waals surface area contributed by atoms with Crippen LogP contribution in [0.3, 0.4) is 0 Å². The van der Waals surface area contributed by atoms with E-state index in [4.69, 9.17) is 18.9 Å². The van der Waals surface area contributed by atoms with Crippen molar-refractivity contribution in [2.24, 2.45) is 0 Å². The van der Waals surface area contributed by atoms with Crippen LogP contribution in [0.4, 0.5) is 0 Å². The van der Waals surface area contributed by atoms with Crippen LogP contribution in [0.1, 0.15) is 19.3 Å². The summed E-state index contributed by atoms with van der Waals surface area (Å²) in [6, 6.07) is 26.1. The van der Waals surface area contributed by atoms with E-state index in [9.17, 15) is 0 Å². The standard InChI is InChI=1S/C31H33NO4/c1-33-27-8-6-7-23(21-27)29-15-9-24-22-28(34-2)14-16-30(24)31(29)36-26-12-10-25(11-13-26)35-20-19-32-17-4-3-5-18-32/h6-16,21-22H,3-5,17-20H2,1-2H3. The lowest BCUT2D eigenvalue weighted by atomic mass is 9.99. The number of likely N-dealkylation sites (tertiary alicyclic amines) is 1. The fraction of sp³-hybridized carbons (Fsp3) is 0.290. The second-order valence-corrected chi connectivity index (χ2v) is 9.09. The van der Waals surface area contributed by atoms with Crippen LogP contribution in [0, 0.1) is 0 Å². The van der Waals surface area contributed by atoms with Crippen LogP contribution in [0.2, 0.25) is 0 Å². The molecule has 0 atom stereocenters. The fourth-order valence-corrected chi connectivity index (χ4v) is 4.73. The summed E-state index contributed by atoms with van der Waals surface area (Å²) in [5, 5.41) is 2.06. The summed E-state index contributed by atoms with van der Waals surface area (Å²) in [4.78, 5) is 2.48. The normalized spacial score (nSPS) is 13.9. The van der Waals surface area contributed by atoms with Crippen LogP contribution in [-0.2, 0) is 0 Å². The van der Waals surface area contributed by atoms with E-state index in [1.807, 2.05) is 60.7 Å². The van der Waals surface area contributed by atoms with Crippen molar-refractivity contribution in [3.63, 3.8) is 0 Å². The highest BCUT2D eigenvalue weighted by molar-refractivity contribution is 5.96. The molecule has 0 unspecified atom stereocenters. The van der Waals surface area contributed by atoms with Crippen molar-refractivity contribution >= 4 is 10.8 Å². The Bertz CT molecular complexity index is 1300. The van der Waals surface area contributed by atoms with Gasteiger partial charge in [-0.1, -0.05) is 24.6 Å². The van der Waals surface area contributed by atoms with Gasteiger partial charge in [0.15, 0.2) is 0 Å². The molecule has 4 aromatic rings. The maximum absolute atomic E-state index is 6.53. The van der Waals surface area contributed by atoms with Gasteiger partial charge >= 0.3 is 0 Å². The van der Waals surface area contributed by atoms with Crippen LogP contribution in [0.5, 0.6) is 28.7 Å². The number of methoxy groups -OCH3 is 2. The van der Waals surface area contributed by atoms with Gasteiger partial charge in [-0.15, -0.1) is 0 Å². The number of ether oxygens (including phenoxy) is 4. The third-order valence-corrected chi connectivity index (χ3v) is 6.73. The van der Waals surface area contributed by atoms with E-state index >= 15 is 0 Å². The first-order valence-electron chi connectivity index (χ1n) is 12.6. The Balaban J connectivity index is 1.39. The molecule has 5 nitrogen and oxygen atoms in total. The number of hydrogen-bond donors (Lipinski definition) is 0. The molecule has 1 aliphatic rings. The number of nitrogens with zero attached hydrogens (tertiary/aromatic N) is 1. The smallest absolute Gasteiger partial charge is 0.143 e. The van der Waals surface area contributed by atoms with Crippen molar-refractivity contribution in [1.82, 2.24) is 4.90 Å². The minimum atomic E-state index is 0.700. The van der Waals surface area contributed by atoms with Gasteiger partial charge in [-0.3, -0.25) is 4.90 Å². The maximum Gasteiger partial charge on any atom is 0.143 e. The molecule has 186 valence electrons. The molecular formula is C31H33NO4. The van der Waals surface area contributed by atoms with Crippen LogP contribution in [-0.4, -0.2) is 45.4 Å². The monoisotopic (exact) mass is 483 g/mol. The molecule has 0 aromatic heterocycles. The predicted molar refractivity (Wildman–Crippen MR) is 145 cm³/mol. The zero-order valence-corrected chi connectivity index (χ0v) is 21.0. The van der Waals surface area contributed by atoms with Gasteiger partial charge in [-0.05, 0) is 97.5 Å². The highest BCUT2D eigenvalue weighted by Gasteiger charge is 2.14. The molecule has 0 N–H and O–H groups in total. The van der Waals surface area contributed by atoms with Crippen LogP contribution < -0.4 is 18.9 Å². The third-order valence-electron chi connectivity index (χ3n) is 6.73. The van der Waals surface area contributed by atoms with Gasteiger partial charge in [0.05, 0.1) is 14.2 Å². The molecule has 1 saturated heterocycles. The van der Waals surface area contributed by atoms with Crippen molar-refractivity contribution in [2.75, 3.05) is 40.5 Å². The van der Waals surface area contributed by atoms with Gasteiger partial charge in [-0.2, -0.15) is 0 Å². The van der Waals surface area contributed by atoms with Crippen molar-refractivity contribution in [1.29, 1.82) is 0 Å². The molecule has 4 aromatic carbocycles. The molecule has 36 heavy (non-hydrogen) atoms. The Morgan fingerprint density at radius 1 is 0.694 bits per heavy atom. The molecule has 0 bridgehead atoms. The van der Waals surface area contributed by atoms with E-state index in [2.05, 4.69) is 23.1 Å². The first-order valence-corrected chi connectivity index (χ1v) is 12.6. The molecular weight excluding hydrogens is 450 g/mol. The summed E-state index contributed by atoms with van der Waals surface area (Å²) in [7, 11) is 3.36. The second-order valence-electron chi connectivity index (χ2n) is 9.09. The van der Waals surface area contributed by atoms with Crippen LogP contribution in [0.15, 0.2) is 78.9 Å². The first kappa shape index (κ1) is 24.0. The van der Waals surface area contributed by atoms with Crippen molar-refractivity contribution in [2.45, 2.75) is 19.3 Å². The number of fused-ring (bicyclic) bond motifs is 1. The van der Waals surface area contributed by atoms with E-state index in [-0.39, 0.29) is 0 Å². The van der Waals surface area contributed by atoms with Gasteiger partial charge in [0.1, 0.15) is 35.4 Å². The van der Waals surface area contributed by atoms with Gasteiger partial charge in [0, 0.05) is 17.5 Å². The van der Waals surface area contributed by atoms with Gasteiger partial charge in [-0.25, -0.2) is 0 Å². The molecule has 0 spiro atoms. The average Bonchev–Trinajstić information content (AvgIpc) is 2.94. The molecule has 5 heteroatoms. The number of piperidine rings is 1. The van der Waals surface area contributed by atoms with Crippen molar-refractivity contribution < 1.29 is 18.9 Å². The molecule has 0 radical (unpaired) electrons. The lowest BCUT2D eigenvalue weighted by Gasteiger charge is -2.26. The van der Waals surface area contributed by atoms with E-state index in [0.29, 0.717) is 6.61 Å². The average molecular weight is 484 g/mol. The Morgan fingerprint density at radius 3 is 2.19 bits per heavy atom. The van der Waals surface area contributed by atoms with E-state index in [1.165, 1.54) is 32.4 Å². The zero-order valence-electron chi connectivity index (χ0n) is 21.0.